The number of hydrogen-bond donors (Lipinski definition) is 1. The number of carbonyl (C=O) groups is 1. The van der Waals surface area contributed by atoms with Gasteiger partial charge in [-0.05, 0) is 49.4 Å². The molecule has 0 bridgehead atoms. The van der Waals surface area contributed by atoms with Crippen LogP contribution >= 0.6 is 0 Å². The molecule has 7 nitrogen and oxygen atoms in total. The quantitative estimate of drug-likeness (QED) is 0.573. The minimum atomic E-state index is -4.49. The Balaban J connectivity index is 1.35. The number of halogens is 3. The first-order chi connectivity index (χ1) is 16.3. The predicted octanol–water partition coefficient (Wildman–Crippen LogP) is 4.41. The highest BCUT2D eigenvalue weighted by atomic mass is 19.4. The zero-order chi connectivity index (χ0) is 24.1. The second-order valence-corrected chi connectivity index (χ2v) is 7.73. The highest BCUT2D eigenvalue weighted by Crippen LogP contribution is 2.31. The highest BCUT2D eigenvalue weighted by molar-refractivity contribution is 5.94. The summed E-state index contributed by atoms with van der Waals surface area (Å²) in [5, 5.41) is 11.3. The zero-order valence-electron chi connectivity index (χ0n) is 18.4. The molecule has 34 heavy (non-hydrogen) atoms. The molecule has 1 aliphatic rings. The molecule has 0 radical (unpaired) electrons. The van der Waals surface area contributed by atoms with Gasteiger partial charge in [0.25, 0.3) is 5.91 Å². The van der Waals surface area contributed by atoms with Crippen LogP contribution in [0.4, 0.5) is 24.7 Å². The fourth-order valence-corrected chi connectivity index (χ4v) is 3.41. The van der Waals surface area contributed by atoms with E-state index >= 15 is 0 Å². The van der Waals surface area contributed by atoms with Crippen molar-refractivity contribution in [3.05, 3.63) is 66.2 Å². The number of nitrogens with one attached hydrogen (secondary N) is 1. The van der Waals surface area contributed by atoms with Crippen molar-refractivity contribution in [3.8, 4) is 17.0 Å². The Hall–Kier alpha value is -3.66. The number of anilines is 2. The fourth-order valence-electron chi connectivity index (χ4n) is 3.41. The number of ether oxygens (including phenoxy) is 2. The maximum atomic E-state index is 12.9. The molecule has 10 heteroatoms. The summed E-state index contributed by atoms with van der Waals surface area (Å²) < 4.78 is 49.3. The SMILES string of the molecule is CC(Oc1cccc(C(F)(F)F)c1)C(=O)Nc1ccc(-c2ccc(N3CCOCC3)nn2)cc1. The van der Waals surface area contributed by atoms with E-state index in [2.05, 4.69) is 20.4 Å². The Kier molecular flexibility index (Phi) is 6.97. The number of rotatable bonds is 6. The van der Waals surface area contributed by atoms with Crippen LogP contribution < -0.4 is 15.0 Å². The van der Waals surface area contributed by atoms with Gasteiger partial charge in [0, 0.05) is 24.3 Å². The van der Waals surface area contributed by atoms with Crippen molar-refractivity contribution in [3.63, 3.8) is 0 Å². The Morgan fingerprint density at radius 1 is 1.06 bits per heavy atom. The minimum Gasteiger partial charge on any atom is -0.481 e. The lowest BCUT2D eigenvalue weighted by Crippen LogP contribution is -2.36. The molecule has 1 saturated heterocycles. The van der Waals surface area contributed by atoms with E-state index in [1.165, 1.54) is 19.1 Å². The van der Waals surface area contributed by atoms with E-state index in [0.717, 1.165) is 36.6 Å². The summed E-state index contributed by atoms with van der Waals surface area (Å²) >= 11 is 0. The van der Waals surface area contributed by atoms with Crippen molar-refractivity contribution in [1.29, 1.82) is 0 Å². The molecule has 1 atom stereocenters. The van der Waals surface area contributed by atoms with E-state index in [0.29, 0.717) is 24.6 Å². The molecule has 2 aromatic carbocycles. The normalized spacial score (nSPS) is 15.0. The Labute approximate surface area is 194 Å². The third-order valence-electron chi connectivity index (χ3n) is 5.28. The Morgan fingerprint density at radius 3 is 2.44 bits per heavy atom. The van der Waals surface area contributed by atoms with E-state index in [9.17, 15) is 18.0 Å². The summed E-state index contributed by atoms with van der Waals surface area (Å²) in [5.74, 6) is 0.275. The van der Waals surface area contributed by atoms with Crippen LogP contribution in [-0.4, -0.2) is 48.5 Å². The lowest BCUT2D eigenvalue weighted by Gasteiger charge is -2.27. The minimum absolute atomic E-state index is 0.0353. The molecule has 1 N–H and O–H groups in total. The molecule has 2 heterocycles. The van der Waals surface area contributed by atoms with Crippen LogP contribution in [-0.2, 0) is 15.7 Å². The summed E-state index contributed by atoms with van der Waals surface area (Å²) in [6.45, 7) is 4.35. The van der Waals surface area contributed by atoms with Gasteiger partial charge in [0.05, 0.1) is 24.5 Å². The van der Waals surface area contributed by atoms with Crippen molar-refractivity contribution in [2.45, 2.75) is 19.2 Å². The van der Waals surface area contributed by atoms with Gasteiger partial charge in [0.1, 0.15) is 5.75 Å². The largest absolute Gasteiger partial charge is 0.481 e. The molecular weight excluding hydrogens is 449 g/mol. The van der Waals surface area contributed by atoms with Crippen LogP contribution in [0.25, 0.3) is 11.3 Å². The van der Waals surface area contributed by atoms with Crippen molar-refractivity contribution >= 4 is 17.4 Å². The number of nitrogens with zero attached hydrogens (tertiary/aromatic N) is 3. The van der Waals surface area contributed by atoms with Gasteiger partial charge in [-0.1, -0.05) is 18.2 Å². The van der Waals surface area contributed by atoms with Crippen molar-refractivity contribution < 1.29 is 27.4 Å². The molecule has 4 rings (SSSR count). The molecule has 1 unspecified atom stereocenters. The van der Waals surface area contributed by atoms with E-state index in [-0.39, 0.29) is 5.75 Å². The van der Waals surface area contributed by atoms with Crippen molar-refractivity contribution in [1.82, 2.24) is 10.2 Å². The maximum Gasteiger partial charge on any atom is 0.416 e. The van der Waals surface area contributed by atoms with Crippen LogP contribution in [0.5, 0.6) is 5.75 Å². The van der Waals surface area contributed by atoms with Gasteiger partial charge in [-0.15, -0.1) is 10.2 Å². The van der Waals surface area contributed by atoms with Gasteiger partial charge in [0.2, 0.25) is 0 Å². The van der Waals surface area contributed by atoms with Crippen LogP contribution in [0.1, 0.15) is 12.5 Å². The van der Waals surface area contributed by atoms with Crippen LogP contribution in [0, 0.1) is 0 Å². The smallest absolute Gasteiger partial charge is 0.416 e. The summed E-state index contributed by atoms with van der Waals surface area (Å²) in [6, 6.07) is 15.2. The van der Waals surface area contributed by atoms with Gasteiger partial charge in [-0.2, -0.15) is 13.2 Å². The first-order valence-electron chi connectivity index (χ1n) is 10.7. The summed E-state index contributed by atoms with van der Waals surface area (Å²) in [4.78, 5) is 14.6. The van der Waals surface area contributed by atoms with Crippen LogP contribution in [0.2, 0.25) is 0 Å². The molecule has 0 saturated carbocycles. The van der Waals surface area contributed by atoms with Gasteiger partial charge in [-0.3, -0.25) is 4.79 Å². The number of morpholine rings is 1. The topological polar surface area (TPSA) is 76.6 Å². The molecule has 0 spiro atoms. The van der Waals surface area contributed by atoms with Crippen molar-refractivity contribution in [2.75, 3.05) is 36.5 Å². The van der Waals surface area contributed by atoms with Crippen molar-refractivity contribution in [2.24, 2.45) is 0 Å². The molecule has 0 aliphatic carbocycles. The Morgan fingerprint density at radius 2 is 1.79 bits per heavy atom. The summed E-state index contributed by atoms with van der Waals surface area (Å²) in [5.41, 5.74) is 1.20. The highest BCUT2D eigenvalue weighted by Gasteiger charge is 2.31. The Bertz CT molecular complexity index is 1120. The number of amides is 1. The summed E-state index contributed by atoms with van der Waals surface area (Å²) in [6.07, 6.45) is -5.48. The number of hydrogen-bond acceptors (Lipinski definition) is 6. The second-order valence-electron chi connectivity index (χ2n) is 7.73. The summed E-state index contributed by atoms with van der Waals surface area (Å²) in [7, 11) is 0. The molecule has 1 aliphatic heterocycles. The number of aromatic nitrogens is 2. The lowest BCUT2D eigenvalue weighted by molar-refractivity contribution is -0.137. The first-order valence-corrected chi connectivity index (χ1v) is 10.7. The fraction of sp³-hybridized carbons (Fsp3) is 0.292. The predicted molar refractivity (Wildman–Crippen MR) is 121 cm³/mol. The maximum absolute atomic E-state index is 12.9. The molecule has 178 valence electrons. The molecule has 1 fully saturated rings. The third kappa shape index (κ3) is 5.82. The first kappa shape index (κ1) is 23.5. The number of carbonyl (C=O) groups excluding carboxylic acids is 1. The van der Waals surface area contributed by atoms with Gasteiger partial charge in [0.15, 0.2) is 11.9 Å². The van der Waals surface area contributed by atoms with Gasteiger partial charge >= 0.3 is 6.18 Å². The van der Waals surface area contributed by atoms with Crippen LogP contribution in [0.15, 0.2) is 60.7 Å². The van der Waals surface area contributed by atoms with Gasteiger partial charge in [-0.25, -0.2) is 0 Å². The molecule has 1 aromatic heterocycles. The second kappa shape index (κ2) is 10.1. The van der Waals surface area contributed by atoms with E-state index < -0.39 is 23.8 Å². The monoisotopic (exact) mass is 472 g/mol. The average Bonchev–Trinajstić information content (AvgIpc) is 2.85. The standard InChI is InChI=1S/C24H23F3N4O3/c1-16(34-20-4-2-3-18(15-20)24(25,26)27)23(32)28-19-7-5-17(6-8-19)21-9-10-22(30-29-21)31-11-13-33-14-12-31/h2-10,15-16H,11-14H2,1H3,(H,28,32). The third-order valence-corrected chi connectivity index (χ3v) is 5.28. The average molecular weight is 472 g/mol. The molecule has 1 amide bonds. The number of alkyl halides is 3. The van der Waals surface area contributed by atoms with E-state index in [1.54, 1.807) is 24.3 Å². The lowest BCUT2D eigenvalue weighted by atomic mass is 10.1. The zero-order valence-corrected chi connectivity index (χ0v) is 18.4. The molecular formula is C24H23F3N4O3. The molecule has 3 aromatic rings. The number of benzene rings is 2. The van der Waals surface area contributed by atoms with E-state index in [1.807, 2.05) is 12.1 Å². The van der Waals surface area contributed by atoms with Crippen LogP contribution in [0.3, 0.4) is 0 Å². The van der Waals surface area contributed by atoms with Gasteiger partial charge < -0.3 is 19.7 Å². The van der Waals surface area contributed by atoms with E-state index in [4.69, 9.17) is 9.47 Å².